The lowest BCUT2D eigenvalue weighted by atomic mass is 10.1. The Morgan fingerprint density at radius 3 is 2.75 bits per heavy atom. The van der Waals surface area contributed by atoms with Crippen LogP contribution in [0.2, 0.25) is 5.02 Å². The van der Waals surface area contributed by atoms with E-state index in [0.717, 1.165) is 0 Å². The van der Waals surface area contributed by atoms with Crippen LogP contribution in [0.1, 0.15) is 5.56 Å². The third kappa shape index (κ3) is 3.26. The fraction of sp³-hybridized carbons (Fsp3) is 0.0769. The Kier molecular flexibility index (Phi) is 4.57. The summed E-state index contributed by atoms with van der Waals surface area (Å²) in [6.45, 7) is 0.101. The van der Waals surface area contributed by atoms with E-state index in [1.165, 1.54) is 18.2 Å². The van der Waals surface area contributed by atoms with Gasteiger partial charge in [-0.05, 0) is 24.3 Å². The number of benzene rings is 2. The normalized spacial score (nSPS) is 10.3. The highest BCUT2D eigenvalue weighted by Crippen LogP contribution is 2.28. The lowest BCUT2D eigenvalue weighted by molar-refractivity contribution is -0.385. The van der Waals surface area contributed by atoms with Crippen LogP contribution in [0.3, 0.4) is 0 Å². The minimum absolute atomic E-state index is 0.0423. The third-order valence-electron chi connectivity index (χ3n) is 2.66. The molecule has 0 fully saturated rings. The number of anilines is 1. The average Bonchev–Trinajstić information content (AvgIpc) is 2.39. The van der Waals surface area contributed by atoms with Crippen molar-refractivity contribution in [3.63, 3.8) is 0 Å². The number of nitrogens with zero attached hydrogens (tertiary/aromatic N) is 1. The van der Waals surface area contributed by atoms with Gasteiger partial charge in [-0.15, -0.1) is 0 Å². The summed E-state index contributed by atoms with van der Waals surface area (Å²) in [7, 11) is 0. The first kappa shape index (κ1) is 14.7. The Bertz CT molecular complexity index is 647. The van der Waals surface area contributed by atoms with Crippen molar-refractivity contribution in [2.45, 2.75) is 6.54 Å². The molecule has 0 heterocycles. The second-order valence-electron chi connectivity index (χ2n) is 3.98. The molecule has 0 aromatic heterocycles. The van der Waals surface area contributed by atoms with Crippen LogP contribution < -0.4 is 5.32 Å². The van der Waals surface area contributed by atoms with E-state index in [2.05, 4.69) is 21.2 Å². The topological polar surface area (TPSA) is 55.2 Å². The maximum Gasteiger partial charge on any atom is 0.275 e. The van der Waals surface area contributed by atoms with E-state index in [0.29, 0.717) is 10.0 Å². The first-order valence-corrected chi connectivity index (χ1v) is 6.77. The van der Waals surface area contributed by atoms with E-state index in [1.807, 2.05) is 0 Å². The van der Waals surface area contributed by atoms with E-state index < -0.39 is 10.7 Å². The molecule has 2 aromatic carbocycles. The zero-order valence-electron chi connectivity index (χ0n) is 10.1. The van der Waals surface area contributed by atoms with Crippen molar-refractivity contribution in [2.75, 3.05) is 5.32 Å². The fourth-order valence-electron chi connectivity index (χ4n) is 1.71. The van der Waals surface area contributed by atoms with E-state index in [1.54, 1.807) is 18.2 Å². The van der Waals surface area contributed by atoms with Gasteiger partial charge in [0.1, 0.15) is 5.82 Å². The van der Waals surface area contributed by atoms with Gasteiger partial charge in [-0.2, -0.15) is 0 Å². The Hall–Kier alpha value is -1.66. The predicted molar refractivity (Wildman–Crippen MR) is 79.5 cm³/mol. The number of nitrogens with one attached hydrogen (secondary N) is 1. The van der Waals surface area contributed by atoms with Gasteiger partial charge in [0, 0.05) is 22.6 Å². The first-order valence-electron chi connectivity index (χ1n) is 5.59. The van der Waals surface area contributed by atoms with E-state index in [9.17, 15) is 14.5 Å². The number of nitro groups is 1. The van der Waals surface area contributed by atoms with Crippen LogP contribution in [-0.4, -0.2) is 4.92 Å². The van der Waals surface area contributed by atoms with Crippen LogP contribution in [-0.2, 0) is 6.54 Å². The zero-order chi connectivity index (χ0) is 14.7. The molecule has 2 aromatic rings. The lowest BCUT2D eigenvalue weighted by Crippen LogP contribution is -2.05. The molecule has 0 atom stereocenters. The van der Waals surface area contributed by atoms with Crippen molar-refractivity contribution >= 4 is 38.9 Å². The SMILES string of the molecule is O=[N+]([O-])c1cc(Br)ccc1CNc1c(F)cccc1Cl. The molecule has 0 amide bonds. The molecule has 104 valence electrons. The highest BCUT2D eigenvalue weighted by Gasteiger charge is 2.15. The van der Waals surface area contributed by atoms with Gasteiger partial charge in [0.15, 0.2) is 0 Å². The van der Waals surface area contributed by atoms with Gasteiger partial charge in [0.05, 0.1) is 15.6 Å². The largest absolute Gasteiger partial charge is 0.377 e. The van der Waals surface area contributed by atoms with Crippen LogP contribution >= 0.6 is 27.5 Å². The van der Waals surface area contributed by atoms with Gasteiger partial charge >= 0.3 is 0 Å². The van der Waals surface area contributed by atoms with Crippen molar-refractivity contribution in [1.29, 1.82) is 0 Å². The van der Waals surface area contributed by atoms with Crippen molar-refractivity contribution in [1.82, 2.24) is 0 Å². The second kappa shape index (κ2) is 6.19. The summed E-state index contributed by atoms with van der Waals surface area (Å²) in [5.74, 6) is -0.503. The summed E-state index contributed by atoms with van der Waals surface area (Å²) >= 11 is 9.06. The van der Waals surface area contributed by atoms with Crippen molar-refractivity contribution in [3.8, 4) is 0 Å². The second-order valence-corrected chi connectivity index (χ2v) is 5.30. The summed E-state index contributed by atoms with van der Waals surface area (Å²) in [6.07, 6.45) is 0. The van der Waals surface area contributed by atoms with Gasteiger partial charge < -0.3 is 5.32 Å². The fourth-order valence-corrected chi connectivity index (χ4v) is 2.29. The number of halogens is 3. The first-order chi connectivity index (χ1) is 9.49. The third-order valence-corrected chi connectivity index (χ3v) is 3.47. The molecule has 2 rings (SSSR count). The van der Waals surface area contributed by atoms with Crippen LogP contribution in [0.25, 0.3) is 0 Å². The van der Waals surface area contributed by atoms with Gasteiger partial charge in [-0.1, -0.05) is 33.6 Å². The van der Waals surface area contributed by atoms with E-state index >= 15 is 0 Å². The Labute approximate surface area is 127 Å². The molecule has 20 heavy (non-hydrogen) atoms. The Morgan fingerprint density at radius 1 is 1.35 bits per heavy atom. The standard InChI is InChI=1S/C13H9BrClFN2O2/c14-9-5-4-8(12(6-9)18(19)20)7-17-13-10(15)2-1-3-11(13)16/h1-6,17H,7H2. The molecule has 0 aliphatic carbocycles. The molecule has 4 nitrogen and oxygen atoms in total. The van der Waals surface area contributed by atoms with Crippen LogP contribution in [0.5, 0.6) is 0 Å². The number of rotatable bonds is 4. The van der Waals surface area contributed by atoms with Gasteiger partial charge in [0.2, 0.25) is 0 Å². The van der Waals surface area contributed by atoms with E-state index in [4.69, 9.17) is 11.6 Å². The summed E-state index contributed by atoms with van der Waals surface area (Å²) in [6, 6.07) is 9.00. The number of hydrogen-bond donors (Lipinski definition) is 1. The minimum Gasteiger partial charge on any atom is -0.377 e. The molecule has 0 aliphatic heterocycles. The molecule has 0 saturated carbocycles. The zero-order valence-corrected chi connectivity index (χ0v) is 12.4. The van der Waals surface area contributed by atoms with Crippen molar-refractivity contribution in [2.24, 2.45) is 0 Å². The highest BCUT2D eigenvalue weighted by molar-refractivity contribution is 9.10. The summed E-state index contributed by atoms with van der Waals surface area (Å²) in [4.78, 5) is 10.5. The molecule has 0 saturated heterocycles. The van der Waals surface area contributed by atoms with Crippen molar-refractivity contribution < 1.29 is 9.31 Å². The molecule has 0 unspecified atom stereocenters. The Balaban J connectivity index is 2.25. The molecule has 0 radical (unpaired) electrons. The molecule has 0 spiro atoms. The molecule has 0 bridgehead atoms. The van der Waals surface area contributed by atoms with E-state index in [-0.39, 0.29) is 22.9 Å². The number of hydrogen-bond acceptors (Lipinski definition) is 3. The van der Waals surface area contributed by atoms with Gasteiger partial charge in [-0.3, -0.25) is 10.1 Å². The lowest BCUT2D eigenvalue weighted by Gasteiger charge is -2.10. The molecular weight excluding hydrogens is 351 g/mol. The maximum absolute atomic E-state index is 13.6. The molecule has 1 N–H and O–H groups in total. The molecular formula is C13H9BrClFN2O2. The van der Waals surface area contributed by atoms with Gasteiger partial charge in [0.25, 0.3) is 5.69 Å². The Morgan fingerprint density at radius 2 is 2.10 bits per heavy atom. The monoisotopic (exact) mass is 358 g/mol. The summed E-state index contributed by atoms with van der Waals surface area (Å²) < 4.78 is 14.2. The highest BCUT2D eigenvalue weighted by atomic mass is 79.9. The van der Waals surface area contributed by atoms with Gasteiger partial charge in [-0.25, -0.2) is 4.39 Å². The molecule has 0 aliphatic rings. The molecule has 7 heteroatoms. The summed E-state index contributed by atoms with van der Waals surface area (Å²) in [5, 5.41) is 14.0. The predicted octanol–water partition coefficient (Wildman–Crippen LogP) is 4.76. The number of nitro benzene ring substituents is 1. The minimum atomic E-state index is -0.503. The summed E-state index contributed by atoms with van der Waals surface area (Å²) in [5.41, 5.74) is 0.531. The maximum atomic E-state index is 13.6. The van der Waals surface area contributed by atoms with Crippen LogP contribution in [0, 0.1) is 15.9 Å². The van der Waals surface area contributed by atoms with Crippen LogP contribution in [0.4, 0.5) is 15.8 Å². The number of para-hydroxylation sites is 1. The smallest absolute Gasteiger partial charge is 0.275 e. The average molecular weight is 360 g/mol. The van der Waals surface area contributed by atoms with Crippen LogP contribution in [0.15, 0.2) is 40.9 Å². The van der Waals surface area contributed by atoms with Crippen molar-refractivity contribution in [3.05, 3.63) is 67.4 Å². The quantitative estimate of drug-likeness (QED) is 0.632.